The van der Waals surface area contributed by atoms with Crippen molar-refractivity contribution in [2.75, 3.05) is 11.3 Å². The number of halogens is 1. The van der Waals surface area contributed by atoms with Gasteiger partial charge in [-0.2, -0.15) is 0 Å². The molecule has 0 aromatic heterocycles. The van der Waals surface area contributed by atoms with Gasteiger partial charge < -0.3 is 5.32 Å². The maximum Gasteiger partial charge on any atom is 0.224 e. The van der Waals surface area contributed by atoms with Crippen molar-refractivity contribution < 1.29 is 4.79 Å². The summed E-state index contributed by atoms with van der Waals surface area (Å²) >= 11 is 5.55. The lowest BCUT2D eigenvalue weighted by Gasteiger charge is -2.17. The van der Waals surface area contributed by atoms with Crippen LogP contribution in [0.4, 0.5) is 5.69 Å². The van der Waals surface area contributed by atoms with Gasteiger partial charge in [0.2, 0.25) is 5.91 Å². The Morgan fingerprint density at radius 1 is 1.40 bits per heavy atom. The lowest BCUT2D eigenvalue weighted by molar-refractivity contribution is -0.116. The molecule has 1 aromatic rings. The molecule has 0 spiro atoms. The zero-order valence-electron chi connectivity index (χ0n) is 8.35. The van der Waals surface area contributed by atoms with Crippen molar-refractivity contribution in [3.8, 4) is 0 Å². The first kappa shape index (κ1) is 10.5. The number of amides is 1. The molecule has 1 heterocycles. The number of hydrogen-bond donors (Lipinski definition) is 2. The van der Waals surface area contributed by atoms with Gasteiger partial charge in [0.15, 0.2) is 0 Å². The van der Waals surface area contributed by atoms with Crippen LogP contribution in [0, 0.1) is 0 Å². The fraction of sp³-hybridized carbons (Fsp3) is 0.364. The van der Waals surface area contributed by atoms with Crippen molar-refractivity contribution in [2.45, 2.75) is 19.4 Å². The van der Waals surface area contributed by atoms with Crippen molar-refractivity contribution >= 4 is 23.2 Å². The number of carbonyl (C=O) groups is 1. The Bertz CT molecular complexity index is 379. The van der Waals surface area contributed by atoms with Crippen LogP contribution in [0.3, 0.4) is 0 Å². The van der Waals surface area contributed by atoms with E-state index in [1.54, 1.807) is 0 Å². The van der Waals surface area contributed by atoms with Crippen LogP contribution >= 0.6 is 11.6 Å². The normalized spacial score (nSPS) is 14.6. The van der Waals surface area contributed by atoms with Crippen LogP contribution in [0.1, 0.15) is 17.5 Å². The van der Waals surface area contributed by atoms with Crippen LogP contribution in [0.15, 0.2) is 18.2 Å². The molecule has 0 atom stereocenters. The van der Waals surface area contributed by atoms with Crippen LogP contribution in [0.5, 0.6) is 0 Å². The zero-order chi connectivity index (χ0) is 10.7. The summed E-state index contributed by atoms with van der Waals surface area (Å²) in [5.74, 6) is 0.106. The molecule has 4 heteroatoms. The summed E-state index contributed by atoms with van der Waals surface area (Å²) in [6.45, 7) is 0.769. The van der Waals surface area contributed by atoms with Crippen LogP contribution in [-0.2, 0) is 17.8 Å². The van der Waals surface area contributed by atoms with E-state index in [0.29, 0.717) is 12.4 Å². The highest BCUT2D eigenvalue weighted by molar-refractivity contribution is 6.17. The molecule has 1 aliphatic heterocycles. The number of benzene rings is 1. The second-order valence-corrected chi connectivity index (χ2v) is 3.87. The van der Waals surface area contributed by atoms with Crippen molar-refractivity contribution in [3.05, 3.63) is 29.3 Å². The Labute approximate surface area is 93.8 Å². The summed E-state index contributed by atoms with van der Waals surface area (Å²) in [6.07, 6.45) is 1.41. The molecule has 1 amide bonds. The molecule has 0 saturated carbocycles. The third kappa shape index (κ3) is 2.49. The van der Waals surface area contributed by atoms with Gasteiger partial charge >= 0.3 is 0 Å². The minimum absolute atomic E-state index is 0.106. The van der Waals surface area contributed by atoms with Gasteiger partial charge in [-0.05, 0) is 23.6 Å². The van der Waals surface area contributed by atoms with Gasteiger partial charge in [0.1, 0.15) is 0 Å². The second-order valence-electron chi connectivity index (χ2n) is 3.60. The molecule has 15 heavy (non-hydrogen) atoms. The molecule has 80 valence electrons. The topological polar surface area (TPSA) is 41.1 Å². The highest BCUT2D eigenvalue weighted by atomic mass is 35.5. The number of aryl methyl sites for hydroxylation is 1. The number of anilines is 1. The third-order valence-electron chi connectivity index (χ3n) is 2.49. The standard InChI is InChI=1S/C11H13ClN2O/c12-7-13-6-8-1-3-10-9(5-8)2-4-11(15)14-10/h1,3,5,13H,2,4,6-7H2,(H,14,15). The van der Waals surface area contributed by atoms with Crippen LogP contribution < -0.4 is 10.6 Å². The fourth-order valence-electron chi connectivity index (χ4n) is 1.74. The SMILES string of the molecule is O=C1CCc2cc(CNCCl)ccc2N1. The number of nitrogens with one attached hydrogen (secondary N) is 2. The maximum absolute atomic E-state index is 11.1. The Balaban J connectivity index is 2.15. The monoisotopic (exact) mass is 224 g/mol. The van der Waals surface area contributed by atoms with Crippen LogP contribution in [0.25, 0.3) is 0 Å². The summed E-state index contributed by atoms with van der Waals surface area (Å²) in [6, 6.07) is 6.53. The van der Waals surface area contributed by atoms with Crippen molar-refractivity contribution in [1.29, 1.82) is 0 Å². The smallest absolute Gasteiger partial charge is 0.224 e. The summed E-state index contributed by atoms with van der Waals surface area (Å²) in [5, 5.41) is 5.92. The molecule has 0 radical (unpaired) electrons. The van der Waals surface area contributed by atoms with Gasteiger partial charge in [-0.1, -0.05) is 12.1 Å². The Morgan fingerprint density at radius 2 is 2.27 bits per heavy atom. The van der Waals surface area contributed by atoms with E-state index in [-0.39, 0.29) is 5.91 Å². The lowest BCUT2D eigenvalue weighted by Crippen LogP contribution is -2.19. The summed E-state index contributed by atoms with van der Waals surface area (Å²) in [4.78, 5) is 11.1. The molecule has 1 aliphatic rings. The first-order valence-electron chi connectivity index (χ1n) is 4.98. The average molecular weight is 225 g/mol. The van der Waals surface area contributed by atoms with E-state index in [1.807, 2.05) is 12.1 Å². The first-order valence-corrected chi connectivity index (χ1v) is 5.51. The van der Waals surface area contributed by atoms with Crippen LogP contribution in [-0.4, -0.2) is 11.9 Å². The van der Waals surface area contributed by atoms with Crippen molar-refractivity contribution in [3.63, 3.8) is 0 Å². The molecule has 2 N–H and O–H groups in total. The third-order valence-corrected chi connectivity index (χ3v) is 2.68. The number of rotatable bonds is 3. The average Bonchev–Trinajstić information content (AvgIpc) is 2.26. The number of carbonyl (C=O) groups excluding carboxylic acids is 1. The first-order chi connectivity index (χ1) is 7.29. The summed E-state index contributed by atoms with van der Waals surface area (Å²) in [7, 11) is 0. The van der Waals surface area contributed by atoms with Gasteiger partial charge in [-0.15, -0.1) is 11.6 Å². The van der Waals surface area contributed by atoms with E-state index in [9.17, 15) is 4.79 Å². The van der Waals surface area contributed by atoms with Gasteiger partial charge in [-0.25, -0.2) is 0 Å². The lowest BCUT2D eigenvalue weighted by atomic mass is 10.0. The van der Waals surface area contributed by atoms with E-state index in [4.69, 9.17) is 11.6 Å². The van der Waals surface area contributed by atoms with E-state index in [1.165, 1.54) is 11.1 Å². The largest absolute Gasteiger partial charge is 0.326 e. The predicted octanol–water partition coefficient (Wildman–Crippen LogP) is 1.86. The van der Waals surface area contributed by atoms with E-state index in [0.717, 1.165) is 18.7 Å². The van der Waals surface area contributed by atoms with E-state index in [2.05, 4.69) is 16.7 Å². The highest BCUT2D eigenvalue weighted by Gasteiger charge is 2.14. The van der Waals surface area contributed by atoms with Crippen LogP contribution in [0.2, 0.25) is 0 Å². The molecule has 0 unspecified atom stereocenters. The molecule has 0 saturated heterocycles. The molecule has 2 rings (SSSR count). The second kappa shape index (κ2) is 4.64. The van der Waals surface area contributed by atoms with Gasteiger partial charge in [-0.3, -0.25) is 10.1 Å². The molecule has 0 bridgehead atoms. The van der Waals surface area contributed by atoms with Gasteiger partial charge in [0, 0.05) is 18.7 Å². The number of hydrogen-bond acceptors (Lipinski definition) is 2. The molecule has 0 fully saturated rings. The Morgan fingerprint density at radius 3 is 3.07 bits per heavy atom. The van der Waals surface area contributed by atoms with Gasteiger partial charge in [0.25, 0.3) is 0 Å². The van der Waals surface area contributed by atoms with Crippen molar-refractivity contribution in [1.82, 2.24) is 5.32 Å². The molecule has 3 nitrogen and oxygen atoms in total. The van der Waals surface area contributed by atoms with E-state index >= 15 is 0 Å². The van der Waals surface area contributed by atoms with Crippen molar-refractivity contribution in [2.24, 2.45) is 0 Å². The molecule has 0 aliphatic carbocycles. The summed E-state index contributed by atoms with van der Waals surface area (Å²) < 4.78 is 0. The predicted molar refractivity (Wildman–Crippen MR) is 61.0 cm³/mol. The maximum atomic E-state index is 11.1. The van der Waals surface area contributed by atoms with E-state index < -0.39 is 0 Å². The summed E-state index contributed by atoms with van der Waals surface area (Å²) in [5.41, 5.74) is 3.36. The molecular weight excluding hydrogens is 212 g/mol. The Hall–Kier alpha value is -1.06. The van der Waals surface area contributed by atoms with Gasteiger partial charge in [0.05, 0.1) is 6.00 Å². The Kier molecular flexibility index (Phi) is 3.23. The quantitative estimate of drug-likeness (QED) is 0.608. The highest BCUT2D eigenvalue weighted by Crippen LogP contribution is 2.23. The molecule has 1 aromatic carbocycles. The fourth-order valence-corrected chi connectivity index (χ4v) is 1.83. The zero-order valence-corrected chi connectivity index (χ0v) is 9.10. The number of alkyl halides is 1. The minimum atomic E-state index is 0.106. The minimum Gasteiger partial charge on any atom is -0.326 e. The molecular formula is C11H13ClN2O. The number of fused-ring (bicyclic) bond motifs is 1.